The van der Waals surface area contributed by atoms with Crippen molar-refractivity contribution < 1.29 is 0 Å². The Bertz CT molecular complexity index is 352. The third-order valence-electron chi connectivity index (χ3n) is 3.42. The summed E-state index contributed by atoms with van der Waals surface area (Å²) >= 11 is 1.83. The molecule has 3 nitrogen and oxygen atoms in total. The molecule has 0 spiro atoms. The molecule has 0 unspecified atom stereocenters. The summed E-state index contributed by atoms with van der Waals surface area (Å²) in [5, 5.41) is 2.14. The van der Waals surface area contributed by atoms with Gasteiger partial charge in [-0.05, 0) is 24.3 Å². The summed E-state index contributed by atoms with van der Waals surface area (Å²) in [6, 6.07) is 4.34. The molecule has 1 aliphatic carbocycles. The number of hydrogen-bond acceptors (Lipinski definition) is 2. The standard InChI is InChI=1S/C12H19N3S.HI/c13-11(14)15-9-12(6-2-1-3-7-12)10-5-4-8-16-10;/h4-5,8H,1-3,6-7,9H2,(H4,13,14,15);1H. The van der Waals surface area contributed by atoms with Crippen molar-refractivity contribution in [2.24, 2.45) is 16.5 Å². The van der Waals surface area contributed by atoms with E-state index in [1.807, 2.05) is 11.3 Å². The van der Waals surface area contributed by atoms with Crippen LogP contribution in [0.15, 0.2) is 22.5 Å². The van der Waals surface area contributed by atoms with E-state index < -0.39 is 0 Å². The zero-order valence-corrected chi connectivity index (χ0v) is 13.0. The summed E-state index contributed by atoms with van der Waals surface area (Å²) in [5.41, 5.74) is 11.1. The number of aliphatic imine (C=N–C) groups is 1. The molecule has 0 saturated heterocycles. The van der Waals surface area contributed by atoms with Gasteiger partial charge in [-0.25, -0.2) is 0 Å². The summed E-state index contributed by atoms with van der Waals surface area (Å²) in [4.78, 5) is 5.70. The van der Waals surface area contributed by atoms with Crippen LogP contribution < -0.4 is 11.5 Å². The Morgan fingerprint density at radius 3 is 2.53 bits per heavy atom. The number of nitrogens with two attached hydrogens (primary N) is 2. The molecule has 0 amide bonds. The van der Waals surface area contributed by atoms with Crippen LogP contribution in [0.25, 0.3) is 0 Å². The van der Waals surface area contributed by atoms with E-state index in [0.717, 1.165) is 6.54 Å². The minimum Gasteiger partial charge on any atom is -0.370 e. The zero-order chi connectivity index (χ0) is 11.4. The first-order chi connectivity index (χ1) is 7.73. The first-order valence-corrected chi connectivity index (χ1v) is 6.70. The largest absolute Gasteiger partial charge is 0.370 e. The Balaban J connectivity index is 0.00000144. The lowest BCUT2D eigenvalue weighted by Gasteiger charge is -2.35. The lowest BCUT2D eigenvalue weighted by atomic mass is 9.73. The van der Waals surface area contributed by atoms with Gasteiger partial charge in [0, 0.05) is 10.3 Å². The molecule has 0 aromatic carbocycles. The maximum absolute atomic E-state index is 5.45. The summed E-state index contributed by atoms with van der Waals surface area (Å²) in [5.74, 6) is 0.210. The Morgan fingerprint density at radius 1 is 1.29 bits per heavy atom. The van der Waals surface area contributed by atoms with E-state index in [1.165, 1.54) is 37.0 Å². The highest BCUT2D eigenvalue weighted by Gasteiger charge is 2.34. The molecule has 0 bridgehead atoms. The maximum atomic E-state index is 5.45. The molecular weight excluding hydrogens is 345 g/mol. The van der Waals surface area contributed by atoms with Crippen molar-refractivity contribution >= 4 is 41.3 Å². The highest BCUT2D eigenvalue weighted by atomic mass is 127. The fourth-order valence-corrected chi connectivity index (χ4v) is 3.51. The predicted octanol–water partition coefficient (Wildman–Crippen LogP) is 2.84. The summed E-state index contributed by atoms with van der Waals surface area (Å²) < 4.78 is 0. The fourth-order valence-electron chi connectivity index (χ4n) is 2.53. The molecule has 1 aromatic heterocycles. The lowest BCUT2D eigenvalue weighted by Crippen LogP contribution is -2.34. The van der Waals surface area contributed by atoms with Crippen molar-refractivity contribution in [3.63, 3.8) is 0 Å². The second kappa shape index (κ2) is 6.58. The quantitative estimate of drug-likeness (QED) is 0.492. The van der Waals surface area contributed by atoms with Crippen molar-refractivity contribution in [3.05, 3.63) is 22.4 Å². The van der Waals surface area contributed by atoms with Crippen LogP contribution in [0.1, 0.15) is 37.0 Å². The second-order valence-corrected chi connectivity index (χ2v) is 5.51. The van der Waals surface area contributed by atoms with Gasteiger partial charge in [-0.1, -0.05) is 25.3 Å². The maximum Gasteiger partial charge on any atom is 0.185 e. The average Bonchev–Trinajstić information content (AvgIpc) is 2.82. The predicted molar refractivity (Wildman–Crippen MR) is 85.2 cm³/mol. The monoisotopic (exact) mass is 365 g/mol. The molecular formula is C12H20IN3S. The molecule has 2 rings (SSSR count). The van der Waals surface area contributed by atoms with Gasteiger partial charge >= 0.3 is 0 Å². The van der Waals surface area contributed by atoms with Crippen LogP contribution in [-0.2, 0) is 5.41 Å². The van der Waals surface area contributed by atoms with Gasteiger partial charge in [-0.3, -0.25) is 4.99 Å². The van der Waals surface area contributed by atoms with Crippen molar-refractivity contribution in [2.45, 2.75) is 37.5 Å². The molecule has 1 heterocycles. The SMILES string of the molecule is I.NC(N)=NCC1(c2cccs2)CCCCC1. The van der Waals surface area contributed by atoms with Crippen LogP contribution >= 0.6 is 35.3 Å². The van der Waals surface area contributed by atoms with E-state index in [0.29, 0.717) is 0 Å². The highest BCUT2D eigenvalue weighted by molar-refractivity contribution is 14.0. The van der Waals surface area contributed by atoms with Gasteiger partial charge in [0.05, 0.1) is 6.54 Å². The van der Waals surface area contributed by atoms with Crippen molar-refractivity contribution in [3.8, 4) is 0 Å². The molecule has 1 saturated carbocycles. The first kappa shape index (κ1) is 14.8. The normalized spacial score (nSPS) is 18.1. The van der Waals surface area contributed by atoms with Crippen molar-refractivity contribution in [2.75, 3.05) is 6.54 Å². The molecule has 5 heteroatoms. The minimum absolute atomic E-state index is 0. The molecule has 1 aliphatic rings. The van der Waals surface area contributed by atoms with E-state index in [2.05, 4.69) is 22.5 Å². The van der Waals surface area contributed by atoms with Gasteiger partial charge in [0.15, 0.2) is 5.96 Å². The molecule has 0 atom stereocenters. The zero-order valence-electron chi connectivity index (χ0n) is 9.89. The Hall–Kier alpha value is -0.300. The van der Waals surface area contributed by atoms with Crippen molar-refractivity contribution in [1.29, 1.82) is 0 Å². The number of hydrogen-bond donors (Lipinski definition) is 2. The van der Waals surface area contributed by atoms with Crippen LogP contribution in [0.3, 0.4) is 0 Å². The number of thiophene rings is 1. The van der Waals surface area contributed by atoms with E-state index in [9.17, 15) is 0 Å². The van der Waals surface area contributed by atoms with Gasteiger partial charge in [-0.15, -0.1) is 35.3 Å². The van der Waals surface area contributed by atoms with E-state index in [1.54, 1.807) is 0 Å². The second-order valence-electron chi connectivity index (χ2n) is 4.56. The summed E-state index contributed by atoms with van der Waals surface area (Å²) in [6.45, 7) is 0.746. The van der Waals surface area contributed by atoms with E-state index in [4.69, 9.17) is 11.5 Å². The molecule has 0 radical (unpaired) electrons. The Labute approximate surface area is 124 Å². The van der Waals surface area contributed by atoms with Crippen LogP contribution in [0.5, 0.6) is 0 Å². The summed E-state index contributed by atoms with van der Waals surface area (Å²) in [7, 11) is 0. The number of halogens is 1. The third-order valence-corrected chi connectivity index (χ3v) is 4.54. The smallest absolute Gasteiger partial charge is 0.185 e. The van der Waals surface area contributed by atoms with Gasteiger partial charge in [0.25, 0.3) is 0 Å². The van der Waals surface area contributed by atoms with Crippen LogP contribution in [0.2, 0.25) is 0 Å². The number of nitrogens with zero attached hydrogens (tertiary/aromatic N) is 1. The third kappa shape index (κ3) is 3.58. The molecule has 17 heavy (non-hydrogen) atoms. The van der Waals surface area contributed by atoms with Crippen LogP contribution in [-0.4, -0.2) is 12.5 Å². The highest BCUT2D eigenvalue weighted by Crippen LogP contribution is 2.41. The van der Waals surface area contributed by atoms with Crippen LogP contribution in [0.4, 0.5) is 0 Å². The number of guanidine groups is 1. The van der Waals surface area contributed by atoms with Gasteiger partial charge < -0.3 is 11.5 Å². The minimum atomic E-state index is 0. The first-order valence-electron chi connectivity index (χ1n) is 5.82. The van der Waals surface area contributed by atoms with Crippen LogP contribution in [0, 0.1) is 0 Å². The van der Waals surface area contributed by atoms with E-state index in [-0.39, 0.29) is 35.4 Å². The molecule has 96 valence electrons. The fraction of sp³-hybridized carbons (Fsp3) is 0.583. The lowest BCUT2D eigenvalue weighted by molar-refractivity contribution is 0.307. The molecule has 1 aromatic rings. The van der Waals surface area contributed by atoms with Gasteiger partial charge in [-0.2, -0.15) is 0 Å². The molecule has 0 aliphatic heterocycles. The molecule has 1 fully saturated rings. The Morgan fingerprint density at radius 2 is 2.00 bits per heavy atom. The molecule has 4 N–H and O–H groups in total. The topological polar surface area (TPSA) is 64.4 Å². The van der Waals surface area contributed by atoms with Gasteiger partial charge in [0.1, 0.15) is 0 Å². The van der Waals surface area contributed by atoms with E-state index >= 15 is 0 Å². The Kier molecular flexibility index (Phi) is 5.72. The number of rotatable bonds is 3. The summed E-state index contributed by atoms with van der Waals surface area (Å²) in [6.07, 6.45) is 6.35. The van der Waals surface area contributed by atoms with Crippen molar-refractivity contribution in [1.82, 2.24) is 0 Å². The average molecular weight is 365 g/mol. The van der Waals surface area contributed by atoms with Gasteiger partial charge in [0.2, 0.25) is 0 Å².